The molecule has 6 heteroatoms. The quantitative estimate of drug-likeness (QED) is 0.634. The smallest absolute Gasteiger partial charge is 0.326 e. The SMILES string of the molecule is CN(C(=O)[C@@H](N)Cc1ccccc1)[C@@H](CCCN)C(=O)O. The number of hydrogen-bond donors (Lipinski definition) is 3. The number of carboxylic acids is 1. The van der Waals surface area contributed by atoms with Gasteiger partial charge in [-0.2, -0.15) is 0 Å². The number of carbonyl (C=O) groups is 2. The van der Waals surface area contributed by atoms with Gasteiger partial charge in [0.05, 0.1) is 6.04 Å². The topological polar surface area (TPSA) is 110 Å². The molecule has 0 fully saturated rings. The zero-order chi connectivity index (χ0) is 15.8. The fourth-order valence-corrected chi connectivity index (χ4v) is 2.16. The number of amides is 1. The Morgan fingerprint density at radius 3 is 2.43 bits per heavy atom. The molecule has 5 N–H and O–H groups in total. The maximum atomic E-state index is 12.3. The van der Waals surface area contributed by atoms with Gasteiger partial charge in [0.2, 0.25) is 5.91 Å². The van der Waals surface area contributed by atoms with E-state index in [0.29, 0.717) is 25.8 Å². The molecule has 0 saturated heterocycles. The van der Waals surface area contributed by atoms with E-state index >= 15 is 0 Å². The van der Waals surface area contributed by atoms with Crippen molar-refractivity contribution in [3.8, 4) is 0 Å². The van der Waals surface area contributed by atoms with Gasteiger partial charge in [0.15, 0.2) is 0 Å². The maximum absolute atomic E-state index is 12.3. The molecule has 116 valence electrons. The van der Waals surface area contributed by atoms with Crippen LogP contribution in [0.4, 0.5) is 0 Å². The van der Waals surface area contributed by atoms with Crippen molar-refractivity contribution in [1.82, 2.24) is 4.90 Å². The van der Waals surface area contributed by atoms with Gasteiger partial charge in [0, 0.05) is 7.05 Å². The first-order valence-corrected chi connectivity index (χ1v) is 6.96. The normalized spacial score (nSPS) is 13.5. The highest BCUT2D eigenvalue weighted by molar-refractivity contribution is 5.86. The lowest BCUT2D eigenvalue weighted by Crippen LogP contribution is -2.50. The molecule has 1 amide bonds. The fraction of sp³-hybridized carbons (Fsp3) is 0.467. The highest BCUT2D eigenvalue weighted by Crippen LogP contribution is 2.09. The third-order valence-electron chi connectivity index (χ3n) is 3.40. The molecular weight excluding hydrogens is 270 g/mol. The summed E-state index contributed by atoms with van der Waals surface area (Å²) in [4.78, 5) is 24.7. The van der Waals surface area contributed by atoms with Gasteiger partial charge in [-0.05, 0) is 31.4 Å². The largest absolute Gasteiger partial charge is 0.480 e. The van der Waals surface area contributed by atoms with Crippen LogP contribution in [0.2, 0.25) is 0 Å². The minimum absolute atomic E-state index is 0.326. The van der Waals surface area contributed by atoms with E-state index in [4.69, 9.17) is 11.5 Å². The van der Waals surface area contributed by atoms with Crippen LogP contribution in [-0.4, -0.2) is 47.6 Å². The van der Waals surface area contributed by atoms with Gasteiger partial charge in [-0.25, -0.2) is 4.79 Å². The lowest BCUT2D eigenvalue weighted by Gasteiger charge is -2.27. The summed E-state index contributed by atoms with van der Waals surface area (Å²) < 4.78 is 0. The lowest BCUT2D eigenvalue weighted by atomic mass is 10.0. The first-order valence-electron chi connectivity index (χ1n) is 6.96. The van der Waals surface area contributed by atoms with Crippen LogP contribution in [0, 0.1) is 0 Å². The summed E-state index contributed by atoms with van der Waals surface area (Å²) in [6, 6.07) is 7.76. The second-order valence-corrected chi connectivity index (χ2v) is 5.03. The van der Waals surface area contributed by atoms with E-state index in [1.54, 1.807) is 0 Å². The van der Waals surface area contributed by atoms with Crippen molar-refractivity contribution in [3.05, 3.63) is 35.9 Å². The average molecular weight is 293 g/mol. The zero-order valence-corrected chi connectivity index (χ0v) is 12.2. The second kappa shape index (κ2) is 8.39. The summed E-state index contributed by atoms with van der Waals surface area (Å²) in [5, 5.41) is 9.22. The number of rotatable bonds is 8. The van der Waals surface area contributed by atoms with Crippen molar-refractivity contribution in [3.63, 3.8) is 0 Å². The molecular formula is C15H23N3O3. The molecule has 6 nitrogen and oxygen atoms in total. The fourth-order valence-electron chi connectivity index (χ4n) is 2.16. The van der Waals surface area contributed by atoms with Crippen LogP contribution in [0.15, 0.2) is 30.3 Å². The number of aliphatic carboxylic acids is 1. The van der Waals surface area contributed by atoms with Crippen molar-refractivity contribution >= 4 is 11.9 Å². The molecule has 0 aliphatic heterocycles. The highest BCUT2D eigenvalue weighted by Gasteiger charge is 2.29. The van der Waals surface area contributed by atoms with E-state index in [1.165, 1.54) is 11.9 Å². The van der Waals surface area contributed by atoms with Crippen LogP contribution < -0.4 is 11.5 Å². The van der Waals surface area contributed by atoms with Crippen LogP contribution in [0.5, 0.6) is 0 Å². The number of carboxylic acid groups (broad SMARTS) is 1. The van der Waals surface area contributed by atoms with E-state index in [0.717, 1.165) is 5.56 Å². The minimum Gasteiger partial charge on any atom is -0.480 e. The predicted octanol–water partition coefficient (Wildman–Crippen LogP) is 0.207. The van der Waals surface area contributed by atoms with Gasteiger partial charge in [-0.15, -0.1) is 0 Å². The van der Waals surface area contributed by atoms with Crippen LogP contribution >= 0.6 is 0 Å². The number of likely N-dealkylation sites (N-methyl/N-ethyl adjacent to an activating group) is 1. The molecule has 0 spiro atoms. The number of benzene rings is 1. The molecule has 0 aliphatic rings. The van der Waals surface area contributed by atoms with Crippen molar-refractivity contribution in [1.29, 1.82) is 0 Å². The van der Waals surface area contributed by atoms with E-state index in [1.807, 2.05) is 30.3 Å². The van der Waals surface area contributed by atoms with Gasteiger partial charge in [-0.3, -0.25) is 4.79 Å². The average Bonchev–Trinajstić information content (AvgIpc) is 2.47. The molecule has 21 heavy (non-hydrogen) atoms. The van der Waals surface area contributed by atoms with Crippen molar-refractivity contribution in [2.45, 2.75) is 31.3 Å². The highest BCUT2D eigenvalue weighted by atomic mass is 16.4. The number of hydrogen-bond acceptors (Lipinski definition) is 4. The van der Waals surface area contributed by atoms with Gasteiger partial charge in [-0.1, -0.05) is 30.3 Å². The molecule has 0 aromatic heterocycles. The Bertz CT molecular complexity index is 464. The number of carbonyl (C=O) groups excluding carboxylic acids is 1. The molecule has 0 heterocycles. The molecule has 0 saturated carbocycles. The van der Waals surface area contributed by atoms with Gasteiger partial charge < -0.3 is 21.5 Å². The Hall–Kier alpha value is -1.92. The third kappa shape index (κ3) is 5.17. The Kier molecular flexibility index (Phi) is 6.84. The first-order chi connectivity index (χ1) is 9.97. The Morgan fingerprint density at radius 1 is 1.29 bits per heavy atom. The van der Waals surface area contributed by atoms with Gasteiger partial charge in [0.1, 0.15) is 6.04 Å². The van der Waals surface area contributed by atoms with E-state index in [-0.39, 0.29) is 5.91 Å². The Balaban J connectivity index is 2.68. The summed E-state index contributed by atoms with van der Waals surface area (Å²) >= 11 is 0. The summed E-state index contributed by atoms with van der Waals surface area (Å²) in [6.45, 7) is 0.391. The van der Waals surface area contributed by atoms with Crippen LogP contribution in [0.1, 0.15) is 18.4 Å². The molecule has 0 aliphatic carbocycles. The second-order valence-electron chi connectivity index (χ2n) is 5.03. The first kappa shape index (κ1) is 17.1. The number of nitrogens with two attached hydrogens (primary N) is 2. The summed E-state index contributed by atoms with van der Waals surface area (Å²) in [5.41, 5.74) is 12.2. The molecule has 1 rings (SSSR count). The predicted molar refractivity (Wildman–Crippen MR) is 80.6 cm³/mol. The van der Waals surface area contributed by atoms with Gasteiger partial charge >= 0.3 is 5.97 Å². The Labute approximate surface area is 124 Å². The van der Waals surface area contributed by atoms with E-state index in [2.05, 4.69) is 0 Å². The monoisotopic (exact) mass is 293 g/mol. The maximum Gasteiger partial charge on any atom is 0.326 e. The molecule has 0 radical (unpaired) electrons. The summed E-state index contributed by atoms with van der Waals surface area (Å²) in [7, 11) is 1.47. The van der Waals surface area contributed by atoms with Crippen LogP contribution in [0.3, 0.4) is 0 Å². The van der Waals surface area contributed by atoms with Crippen molar-refractivity contribution < 1.29 is 14.7 Å². The minimum atomic E-state index is -1.04. The molecule has 1 aromatic carbocycles. The number of nitrogens with zero attached hydrogens (tertiary/aromatic N) is 1. The zero-order valence-electron chi connectivity index (χ0n) is 12.2. The summed E-state index contributed by atoms with van der Waals surface area (Å²) in [5.74, 6) is -1.41. The van der Waals surface area contributed by atoms with Crippen molar-refractivity contribution in [2.75, 3.05) is 13.6 Å². The Morgan fingerprint density at radius 2 is 1.90 bits per heavy atom. The van der Waals surface area contributed by atoms with E-state index < -0.39 is 18.1 Å². The lowest BCUT2D eigenvalue weighted by molar-refractivity contribution is -0.149. The molecule has 1 aromatic rings. The third-order valence-corrected chi connectivity index (χ3v) is 3.40. The van der Waals surface area contributed by atoms with Crippen molar-refractivity contribution in [2.24, 2.45) is 11.5 Å². The summed E-state index contributed by atoms with van der Waals surface area (Å²) in [6.07, 6.45) is 1.25. The van der Waals surface area contributed by atoms with Crippen LogP contribution in [0.25, 0.3) is 0 Å². The van der Waals surface area contributed by atoms with Crippen LogP contribution in [-0.2, 0) is 16.0 Å². The van der Waals surface area contributed by atoms with Gasteiger partial charge in [0.25, 0.3) is 0 Å². The molecule has 0 unspecified atom stereocenters. The van der Waals surface area contributed by atoms with E-state index in [9.17, 15) is 14.7 Å². The molecule has 2 atom stereocenters. The standard InChI is InChI=1S/C15H23N3O3/c1-18(13(15(20)21)8-5-9-16)14(19)12(17)10-11-6-3-2-4-7-11/h2-4,6-7,12-13H,5,8-10,16-17H2,1H3,(H,20,21)/t12-,13-/m0/s1. The molecule has 0 bridgehead atoms.